The summed E-state index contributed by atoms with van der Waals surface area (Å²) in [5.74, 6) is 0.850. The van der Waals surface area contributed by atoms with E-state index in [9.17, 15) is 0 Å². The van der Waals surface area contributed by atoms with Gasteiger partial charge in [0.1, 0.15) is 12.4 Å². The van der Waals surface area contributed by atoms with E-state index in [1.807, 2.05) is 25.2 Å². The number of ether oxygens (including phenoxy) is 1. The van der Waals surface area contributed by atoms with Gasteiger partial charge in [0.15, 0.2) is 0 Å². The maximum atomic E-state index is 5.65. The standard InChI is InChI=1S/C13H15N3O/c1-14-8-11-3-2-4-13(7-11)17-10-12-9-15-5-6-16-12/h2-7,9,14H,8,10H2,1H3. The molecule has 0 saturated carbocycles. The Kier molecular flexibility index (Phi) is 4.05. The highest BCUT2D eigenvalue weighted by Gasteiger charge is 1.98. The summed E-state index contributed by atoms with van der Waals surface area (Å²) in [4.78, 5) is 8.14. The predicted octanol–water partition coefficient (Wildman–Crippen LogP) is 1.77. The normalized spacial score (nSPS) is 10.2. The van der Waals surface area contributed by atoms with Gasteiger partial charge in [-0.3, -0.25) is 9.97 Å². The summed E-state index contributed by atoms with van der Waals surface area (Å²) in [6, 6.07) is 8.01. The predicted molar refractivity (Wildman–Crippen MR) is 65.6 cm³/mol. The highest BCUT2D eigenvalue weighted by Crippen LogP contribution is 2.14. The quantitative estimate of drug-likeness (QED) is 0.849. The van der Waals surface area contributed by atoms with E-state index < -0.39 is 0 Å². The molecule has 0 saturated heterocycles. The fourth-order valence-electron chi connectivity index (χ4n) is 1.51. The summed E-state index contributed by atoms with van der Waals surface area (Å²) >= 11 is 0. The van der Waals surface area contributed by atoms with Crippen molar-refractivity contribution in [2.45, 2.75) is 13.2 Å². The minimum atomic E-state index is 0.441. The fourth-order valence-corrected chi connectivity index (χ4v) is 1.51. The van der Waals surface area contributed by atoms with Crippen molar-refractivity contribution in [1.29, 1.82) is 0 Å². The Morgan fingerprint density at radius 2 is 2.24 bits per heavy atom. The first kappa shape index (κ1) is 11.5. The van der Waals surface area contributed by atoms with Crippen LogP contribution in [0.3, 0.4) is 0 Å². The van der Waals surface area contributed by atoms with E-state index in [4.69, 9.17) is 4.74 Å². The molecule has 1 heterocycles. The Bertz CT molecular complexity index is 459. The highest BCUT2D eigenvalue weighted by atomic mass is 16.5. The largest absolute Gasteiger partial charge is 0.487 e. The maximum Gasteiger partial charge on any atom is 0.132 e. The molecule has 0 atom stereocenters. The van der Waals surface area contributed by atoms with Crippen LogP contribution >= 0.6 is 0 Å². The number of rotatable bonds is 5. The van der Waals surface area contributed by atoms with Crippen LogP contribution < -0.4 is 10.1 Å². The summed E-state index contributed by atoms with van der Waals surface area (Å²) < 4.78 is 5.65. The van der Waals surface area contributed by atoms with E-state index in [1.54, 1.807) is 18.6 Å². The summed E-state index contributed by atoms with van der Waals surface area (Å²) in [5, 5.41) is 3.11. The second-order valence-corrected chi connectivity index (χ2v) is 3.66. The van der Waals surface area contributed by atoms with Gasteiger partial charge in [-0.15, -0.1) is 0 Å². The number of nitrogens with zero attached hydrogens (tertiary/aromatic N) is 2. The first-order valence-electron chi connectivity index (χ1n) is 5.50. The van der Waals surface area contributed by atoms with Crippen LogP contribution in [0.25, 0.3) is 0 Å². The molecule has 1 N–H and O–H groups in total. The molecule has 0 radical (unpaired) electrons. The van der Waals surface area contributed by atoms with Crippen molar-refractivity contribution in [3.63, 3.8) is 0 Å². The molecule has 0 aliphatic rings. The Morgan fingerprint density at radius 3 is 3.00 bits per heavy atom. The molecule has 0 spiro atoms. The van der Waals surface area contributed by atoms with Crippen molar-refractivity contribution in [2.75, 3.05) is 7.05 Å². The minimum absolute atomic E-state index is 0.441. The van der Waals surface area contributed by atoms with Gasteiger partial charge in [0, 0.05) is 18.9 Å². The van der Waals surface area contributed by atoms with Crippen LogP contribution in [0.5, 0.6) is 5.75 Å². The van der Waals surface area contributed by atoms with E-state index >= 15 is 0 Å². The van der Waals surface area contributed by atoms with Crippen LogP contribution in [-0.2, 0) is 13.2 Å². The molecule has 0 fully saturated rings. The van der Waals surface area contributed by atoms with E-state index in [2.05, 4.69) is 21.4 Å². The Labute approximate surface area is 101 Å². The molecule has 2 aromatic rings. The van der Waals surface area contributed by atoms with E-state index in [-0.39, 0.29) is 0 Å². The van der Waals surface area contributed by atoms with Gasteiger partial charge in [0.2, 0.25) is 0 Å². The first-order valence-corrected chi connectivity index (χ1v) is 5.50. The van der Waals surface area contributed by atoms with Crippen molar-refractivity contribution in [3.05, 3.63) is 54.1 Å². The molecule has 0 aliphatic heterocycles. The number of aromatic nitrogens is 2. The van der Waals surface area contributed by atoms with Crippen molar-refractivity contribution in [3.8, 4) is 5.75 Å². The lowest BCUT2D eigenvalue weighted by Crippen LogP contribution is -2.05. The zero-order chi connectivity index (χ0) is 11.9. The summed E-state index contributed by atoms with van der Waals surface area (Å²) in [6.45, 7) is 1.28. The monoisotopic (exact) mass is 229 g/mol. The van der Waals surface area contributed by atoms with Gasteiger partial charge in [-0.1, -0.05) is 12.1 Å². The zero-order valence-electron chi connectivity index (χ0n) is 9.76. The van der Waals surface area contributed by atoms with Crippen LogP contribution in [0.2, 0.25) is 0 Å². The molecule has 0 aliphatic carbocycles. The van der Waals surface area contributed by atoms with E-state index in [0.717, 1.165) is 18.0 Å². The van der Waals surface area contributed by atoms with Crippen LogP contribution in [-0.4, -0.2) is 17.0 Å². The van der Waals surface area contributed by atoms with Gasteiger partial charge >= 0.3 is 0 Å². The highest BCUT2D eigenvalue weighted by molar-refractivity contribution is 5.28. The summed E-state index contributed by atoms with van der Waals surface area (Å²) in [7, 11) is 1.92. The smallest absolute Gasteiger partial charge is 0.132 e. The van der Waals surface area contributed by atoms with Gasteiger partial charge in [0.25, 0.3) is 0 Å². The number of hydrogen-bond donors (Lipinski definition) is 1. The van der Waals surface area contributed by atoms with Gasteiger partial charge in [0.05, 0.1) is 11.9 Å². The molecular weight excluding hydrogens is 214 g/mol. The van der Waals surface area contributed by atoms with Crippen molar-refractivity contribution in [2.24, 2.45) is 0 Å². The SMILES string of the molecule is CNCc1cccc(OCc2cnccn2)c1. The van der Waals surface area contributed by atoms with Crippen LogP contribution in [0.4, 0.5) is 0 Å². The van der Waals surface area contributed by atoms with Gasteiger partial charge < -0.3 is 10.1 Å². The summed E-state index contributed by atoms with van der Waals surface area (Å²) in [6.07, 6.45) is 5.02. The first-order chi connectivity index (χ1) is 8.38. The van der Waals surface area contributed by atoms with Crippen molar-refractivity contribution in [1.82, 2.24) is 15.3 Å². The zero-order valence-corrected chi connectivity index (χ0v) is 9.76. The van der Waals surface area contributed by atoms with Crippen LogP contribution in [0.15, 0.2) is 42.9 Å². The molecule has 0 amide bonds. The second-order valence-electron chi connectivity index (χ2n) is 3.66. The van der Waals surface area contributed by atoms with Crippen LogP contribution in [0.1, 0.15) is 11.3 Å². The lowest BCUT2D eigenvalue weighted by atomic mass is 10.2. The Morgan fingerprint density at radius 1 is 1.29 bits per heavy atom. The Balaban J connectivity index is 1.97. The number of benzene rings is 1. The molecule has 4 heteroatoms. The van der Waals surface area contributed by atoms with Crippen molar-refractivity contribution >= 4 is 0 Å². The van der Waals surface area contributed by atoms with Gasteiger partial charge in [-0.2, -0.15) is 0 Å². The maximum absolute atomic E-state index is 5.65. The molecule has 2 rings (SSSR count). The molecule has 88 valence electrons. The van der Waals surface area contributed by atoms with Gasteiger partial charge in [-0.05, 0) is 24.7 Å². The van der Waals surface area contributed by atoms with Gasteiger partial charge in [-0.25, -0.2) is 0 Å². The molecule has 1 aromatic heterocycles. The Hall–Kier alpha value is -1.94. The summed E-state index contributed by atoms with van der Waals surface area (Å²) in [5.41, 5.74) is 2.02. The van der Waals surface area contributed by atoms with E-state index in [1.165, 1.54) is 5.56 Å². The second kappa shape index (κ2) is 5.96. The molecule has 1 aromatic carbocycles. The molecule has 0 unspecified atom stereocenters. The number of hydrogen-bond acceptors (Lipinski definition) is 4. The van der Waals surface area contributed by atoms with Crippen molar-refractivity contribution < 1.29 is 4.74 Å². The average Bonchev–Trinajstić information content (AvgIpc) is 2.39. The van der Waals surface area contributed by atoms with Crippen LogP contribution in [0, 0.1) is 0 Å². The lowest BCUT2D eigenvalue weighted by molar-refractivity contribution is 0.300. The lowest BCUT2D eigenvalue weighted by Gasteiger charge is -2.07. The molecule has 4 nitrogen and oxygen atoms in total. The topological polar surface area (TPSA) is 47.0 Å². The third-order valence-corrected chi connectivity index (χ3v) is 2.28. The third-order valence-electron chi connectivity index (χ3n) is 2.28. The molecule has 0 bridgehead atoms. The number of nitrogens with one attached hydrogen (secondary N) is 1. The van der Waals surface area contributed by atoms with E-state index in [0.29, 0.717) is 6.61 Å². The average molecular weight is 229 g/mol. The molecule has 17 heavy (non-hydrogen) atoms. The minimum Gasteiger partial charge on any atom is -0.487 e. The fraction of sp³-hybridized carbons (Fsp3) is 0.231. The molecular formula is C13H15N3O. The third kappa shape index (κ3) is 3.53.